The van der Waals surface area contributed by atoms with Crippen LogP contribution >= 0.6 is 0 Å². The van der Waals surface area contributed by atoms with Crippen LogP contribution in [0.25, 0.3) is 0 Å². The Morgan fingerprint density at radius 1 is 1.28 bits per heavy atom. The lowest BCUT2D eigenvalue weighted by Crippen LogP contribution is -2.50. The molecule has 0 spiro atoms. The van der Waals surface area contributed by atoms with Gasteiger partial charge in [-0.1, -0.05) is 54.7 Å². The number of benzene rings is 1. The standard InChI is InChI=1S/C20H33NO3Si/c1-19(2,3)24-18(22)21-16(15-23-20(21,4)5)13-14-25(6,7)17-11-9-8-10-12-17/h8-12,16H,13-15H2,1-7H3/t16-/m0/s1. The van der Waals surface area contributed by atoms with E-state index in [4.69, 9.17) is 9.47 Å². The molecule has 1 heterocycles. The zero-order chi connectivity index (χ0) is 18.9. The van der Waals surface area contributed by atoms with Crippen LogP contribution in [0.2, 0.25) is 19.1 Å². The summed E-state index contributed by atoms with van der Waals surface area (Å²) in [4.78, 5) is 14.5. The summed E-state index contributed by atoms with van der Waals surface area (Å²) in [6.45, 7) is 14.9. The van der Waals surface area contributed by atoms with Crippen molar-refractivity contribution in [3.63, 3.8) is 0 Å². The summed E-state index contributed by atoms with van der Waals surface area (Å²) in [5, 5.41) is 1.46. The third kappa shape index (κ3) is 5.08. The second-order valence-electron chi connectivity index (χ2n) is 9.05. The first-order valence-corrected chi connectivity index (χ1v) is 12.3. The molecule has 0 radical (unpaired) electrons. The average molecular weight is 364 g/mol. The van der Waals surface area contributed by atoms with Crippen molar-refractivity contribution in [2.75, 3.05) is 6.61 Å². The van der Waals surface area contributed by atoms with E-state index in [1.165, 1.54) is 5.19 Å². The number of rotatable bonds is 4. The monoisotopic (exact) mass is 363 g/mol. The van der Waals surface area contributed by atoms with Gasteiger partial charge in [0.25, 0.3) is 0 Å². The fraction of sp³-hybridized carbons (Fsp3) is 0.650. The molecule has 0 saturated carbocycles. The Balaban J connectivity index is 2.08. The number of carbonyl (C=O) groups excluding carboxylic acids is 1. The van der Waals surface area contributed by atoms with Crippen LogP contribution in [0.3, 0.4) is 0 Å². The Morgan fingerprint density at radius 3 is 2.44 bits per heavy atom. The first kappa shape index (κ1) is 20.0. The van der Waals surface area contributed by atoms with E-state index in [0.29, 0.717) is 6.61 Å². The Kier molecular flexibility index (Phi) is 5.69. The summed E-state index contributed by atoms with van der Waals surface area (Å²) in [5.41, 5.74) is -1.12. The SMILES string of the molecule is CC(C)(C)OC(=O)N1[C@@H](CC[Si](C)(C)c2ccccc2)COC1(C)C. The summed E-state index contributed by atoms with van der Waals surface area (Å²) in [6, 6.07) is 11.9. The minimum atomic E-state index is -1.54. The van der Waals surface area contributed by atoms with Crippen molar-refractivity contribution in [2.45, 2.75) is 77.5 Å². The lowest BCUT2D eigenvalue weighted by Gasteiger charge is -2.36. The third-order valence-electron chi connectivity index (χ3n) is 4.82. The molecule has 140 valence electrons. The molecule has 1 fully saturated rings. The van der Waals surface area contributed by atoms with Crippen LogP contribution in [0.15, 0.2) is 30.3 Å². The number of hydrogen-bond acceptors (Lipinski definition) is 3. The lowest BCUT2D eigenvalue weighted by molar-refractivity contribution is -0.0625. The second-order valence-corrected chi connectivity index (χ2v) is 13.9. The summed E-state index contributed by atoms with van der Waals surface area (Å²) in [5.74, 6) is 0. The van der Waals surface area contributed by atoms with E-state index in [0.717, 1.165) is 12.5 Å². The molecule has 1 amide bonds. The molecule has 1 aromatic carbocycles. The maximum Gasteiger partial charge on any atom is 0.412 e. The van der Waals surface area contributed by atoms with Gasteiger partial charge < -0.3 is 9.47 Å². The molecule has 0 aliphatic carbocycles. The van der Waals surface area contributed by atoms with Gasteiger partial charge >= 0.3 is 6.09 Å². The number of amides is 1. The highest BCUT2D eigenvalue weighted by atomic mass is 28.3. The lowest BCUT2D eigenvalue weighted by atomic mass is 10.1. The Morgan fingerprint density at radius 2 is 1.88 bits per heavy atom. The van der Waals surface area contributed by atoms with Gasteiger partial charge in [0.15, 0.2) is 0 Å². The molecule has 2 rings (SSSR count). The van der Waals surface area contributed by atoms with E-state index >= 15 is 0 Å². The molecular formula is C20H33NO3Si. The topological polar surface area (TPSA) is 38.8 Å². The Bertz CT molecular complexity index is 593. The minimum Gasteiger partial charge on any atom is -0.444 e. The van der Waals surface area contributed by atoms with Crippen LogP contribution < -0.4 is 5.19 Å². The molecule has 0 N–H and O–H groups in total. The Labute approximate surface area is 153 Å². The van der Waals surface area contributed by atoms with Crippen molar-refractivity contribution in [1.29, 1.82) is 0 Å². The maximum atomic E-state index is 12.7. The zero-order valence-corrected chi connectivity index (χ0v) is 17.8. The van der Waals surface area contributed by atoms with E-state index < -0.39 is 19.4 Å². The van der Waals surface area contributed by atoms with Gasteiger partial charge in [0.05, 0.1) is 20.7 Å². The van der Waals surface area contributed by atoms with Gasteiger partial charge in [-0.25, -0.2) is 4.79 Å². The first-order chi connectivity index (χ1) is 11.4. The van der Waals surface area contributed by atoms with Crippen LogP contribution in [-0.4, -0.2) is 43.0 Å². The van der Waals surface area contributed by atoms with Crippen molar-refractivity contribution in [3.8, 4) is 0 Å². The van der Waals surface area contributed by atoms with Crippen molar-refractivity contribution in [3.05, 3.63) is 30.3 Å². The van der Waals surface area contributed by atoms with Crippen molar-refractivity contribution in [2.24, 2.45) is 0 Å². The summed E-state index contributed by atoms with van der Waals surface area (Å²) >= 11 is 0. The Hall–Kier alpha value is -1.33. The third-order valence-corrected chi connectivity index (χ3v) is 8.26. The van der Waals surface area contributed by atoms with Crippen LogP contribution in [0.4, 0.5) is 4.79 Å². The largest absolute Gasteiger partial charge is 0.444 e. The van der Waals surface area contributed by atoms with E-state index in [9.17, 15) is 4.79 Å². The fourth-order valence-corrected chi connectivity index (χ4v) is 5.78. The van der Waals surface area contributed by atoms with Gasteiger partial charge in [0, 0.05) is 0 Å². The highest BCUT2D eigenvalue weighted by Gasteiger charge is 2.45. The van der Waals surface area contributed by atoms with Crippen molar-refractivity contribution >= 4 is 19.4 Å². The molecule has 25 heavy (non-hydrogen) atoms. The first-order valence-electron chi connectivity index (χ1n) is 9.14. The van der Waals surface area contributed by atoms with Gasteiger partial charge in [0.1, 0.15) is 11.3 Å². The average Bonchev–Trinajstić information content (AvgIpc) is 2.79. The molecule has 1 aromatic rings. The second kappa shape index (κ2) is 7.12. The smallest absolute Gasteiger partial charge is 0.412 e. The van der Waals surface area contributed by atoms with Gasteiger partial charge in [-0.2, -0.15) is 0 Å². The molecule has 1 saturated heterocycles. The maximum absolute atomic E-state index is 12.7. The molecule has 1 aliphatic rings. The summed E-state index contributed by atoms with van der Waals surface area (Å²) in [7, 11) is -1.54. The number of hydrogen-bond donors (Lipinski definition) is 0. The van der Waals surface area contributed by atoms with Crippen LogP contribution in [0.5, 0.6) is 0 Å². The van der Waals surface area contributed by atoms with Gasteiger partial charge in [-0.15, -0.1) is 0 Å². The normalized spacial score (nSPS) is 20.6. The van der Waals surface area contributed by atoms with Gasteiger partial charge in [-0.05, 0) is 41.0 Å². The minimum absolute atomic E-state index is 0.0698. The molecule has 0 aromatic heterocycles. The molecule has 4 nitrogen and oxygen atoms in total. The summed E-state index contributed by atoms with van der Waals surface area (Å²) < 4.78 is 11.5. The number of carbonyl (C=O) groups is 1. The van der Waals surface area contributed by atoms with Crippen LogP contribution in [0.1, 0.15) is 41.0 Å². The number of ether oxygens (including phenoxy) is 2. The molecule has 1 atom stereocenters. The van der Waals surface area contributed by atoms with E-state index in [-0.39, 0.29) is 12.1 Å². The predicted octanol–water partition coefficient (Wildman–Crippen LogP) is 4.36. The van der Waals surface area contributed by atoms with E-state index in [1.54, 1.807) is 4.90 Å². The quantitative estimate of drug-likeness (QED) is 0.746. The zero-order valence-electron chi connectivity index (χ0n) is 16.8. The van der Waals surface area contributed by atoms with Gasteiger partial charge in [0.2, 0.25) is 0 Å². The van der Waals surface area contributed by atoms with E-state index in [1.807, 2.05) is 34.6 Å². The molecule has 1 aliphatic heterocycles. The fourth-order valence-electron chi connectivity index (χ4n) is 3.34. The van der Waals surface area contributed by atoms with Crippen LogP contribution in [0, 0.1) is 0 Å². The van der Waals surface area contributed by atoms with Crippen molar-refractivity contribution < 1.29 is 14.3 Å². The molecular weight excluding hydrogens is 330 g/mol. The summed E-state index contributed by atoms with van der Waals surface area (Å²) in [6.07, 6.45) is 0.663. The molecule has 0 unspecified atom stereocenters. The molecule has 0 bridgehead atoms. The predicted molar refractivity (Wildman–Crippen MR) is 105 cm³/mol. The van der Waals surface area contributed by atoms with Crippen LogP contribution in [-0.2, 0) is 9.47 Å². The highest BCUT2D eigenvalue weighted by Crippen LogP contribution is 2.32. The van der Waals surface area contributed by atoms with E-state index in [2.05, 4.69) is 43.4 Å². The van der Waals surface area contributed by atoms with Gasteiger partial charge in [-0.3, -0.25) is 4.90 Å². The molecule has 5 heteroatoms. The van der Waals surface area contributed by atoms with Crippen molar-refractivity contribution in [1.82, 2.24) is 4.90 Å². The number of nitrogens with zero attached hydrogens (tertiary/aromatic N) is 1. The highest BCUT2D eigenvalue weighted by molar-refractivity contribution is 6.89.